The van der Waals surface area contributed by atoms with Crippen molar-refractivity contribution in [2.24, 2.45) is 5.10 Å². The van der Waals surface area contributed by atoms with Gasteiger partial charge in [0, 0.05) is 11.6 Å². The molecule has 1 N–H and O–H groups in total. The van der Waals surface area contributed by atoms with Crippen molar-refractivity contribution in [1.29, 1.82) is 0 Å². The molecule has 0 saturated heterocycles. The molecule has 13 heteroatoms. The highest BCUT2D eigenvalue weighted by atomic mass is 19.3. The van der Waals surface area contributed by atoms with Crippen molar-refractivity contribution >= 4 is 17.4 Å². The Hall–Kier alpha value is -5.33. The van der Waals surface area contributed by atoms with E-state index in [1.165, 1.54) is 65.7 Å². The molecule has 0 saturated carbocycles. The molecule has 1 unspecified atom stereocenters. The van der Waals surface area contributed by atoms with Gasteiger partial charge < -0.3 is 24.3 Å². The fourth-order valence-electron chi connectivity index (χ4n) is 4.57. The van der Waals surface area contributed by atoms with Gasteiger partial charge in [-0.15, -0.1) is 8.78 Å². The molecule has 0 fully saturated rings. The summed E-state index contributed by atoms with van der Waals surface area (Å²) in [5, 5.41) is 8.41. The number of nitrogens with zero attached hydrogens (tertiary/aromatic N) is 2. The molecule has 2 aliphatic heterocycles. The maximum atomic E-state index is 13.6. The predicted molar refractivity (Wildman–Crippen MR) is 144 cm³/mol. The van der Waals surface area contributed by atoms with Gasteiger partial charge in [-0.1, -0.05) is 18.2 Å². The number of halogens is 5. The standard InChI is InChI=1S/C30H20F5N3O5/c31-19-4-1-17(2-5-19)27-24(18-3-14-25-26(15-18)43-30(34,35)42-25)16-38(37-27)29(39)36-20-6-8-21(9-7-20)40-22-10-12-23(13-11-22)41-28(32)33/h1-15,24,28H,16H2,(H,36,39). The van der Waals surface area contributed by atoms with E-state index in [1.54, 1.807) is 30.3 Å². The molecule has 0 spiro atoms. The number of hydrogen-bond donors (Lipinski definition) is 1. The number of rotatable bonds is 7. The second-order valence-corrected chi connectivity index (χ2v) is 9.41. The maximum Gasteiger partial charge on any atom is 0.586 e. The first kappa shape index (κ1) is 27.8. The van der Waals surface area contributed by atoms with Gasteiger partial charge in [-0.3, -0.25) is 0 Å². The minimum atomic E-state index is -3.78. The van der Waals surface area contributed by atoms with Crippen LogP contribution in [0.15, 0.2) is 96.1 Å². The van der Waals surface area contributed by atoms with Crippen LogP contribution in [-0.2, 0) is 0 Å². The predicted octanol–water partition coefficient (Wildman–Crippen LogP) is 7.58. The summed E-state index contributed by atoms with van der Waals surface area (Å²) in [5.41, 5.74) is 1.92. The van der Waals surface area contributed by atoms with Crippen molar-refractivity contribution in [3.63, 3.8) is 0 Å². The Kier molecular flexibility index (Phi) is 7.22. The van der Waals surface area contributed by atoms with Crippen LogP contribution < -0.4 is 24.3 Å². The van der Waals surface area contributed by atoms with Gasteiger partial charge in [-0.25, -0.2) is 14.2 Å². The Labute approximate surface area is 240 Å². The Morgan fingerprint density at radius 1 is 0.884 bits per heavy atom. The van der Waals surface area contributed by atoms with E-state index in [1.807, 2.05) is 0 Å². The Balaban J connectivity index is 1.16. The summed E-state index contributed by atoms with van der Waals surface area (Å²) in [7, 11) is 0. The van der Waals surface area contributed by atoms with Gasteiger partial charge in [-0.2, -0.15) is 13.9 Å². The molecule has 2 amide bonds. The van der Waals surface area contributed by atoms with E-state index in [4.69, 9.17) is 4.74 Å². The SMILES string of the molecule is O=C(Nc1ccc(Oc2ccc(OC(F)F)cc2)cc1)N1CC(c2ccc3c(c2)OC(F)(F)O3)C(c2ccc(F)cc2)=N1. The largest absolute Gasteiger partial charge is 0.586 e. The number of hydrazone groups is 1. The van der Waals surface area contributed by atoms with Crippen LogP contribution in [0.25, 0.3) is 0 Å². The number of urea groups is 1. The molecule has 2 heterocycles. The molecule has 0 aromatic heterocycles. The molecule has 1 atom stereocenters. The summed E-state index contributed by atoms with van der Waals surface area (Å²) < 4.78 is 84.5. The van der Waals surface area contributed by atoms with E-state index in [9.17, 15) is 26.7 Å². The molecular weight excluding hydrogens is 577 g/mol. The zero-order valence-electron chi connectivity index (χ0n) is 21.8. The Bertz CT molecular complexity index is 1670. The zero-order chi connectivity index (χ0) is 30.1. The number of nitrogens with one attached hydrogen (secondary N) is 1. The van der Waals surface area contributed by atoms with Gasteiger partial charge in [0.1, 0.15) is 23.1 Å². The van der Waals surface area contributed by atoms with Gasteiger partial charge in [0.25, 0.3) is 0 Å². The number of hydrogen-bond acceptors (Lipinski definition) is 6. The lowest BCUT2D eigenvalue weighted by atomic mass is 9.90. The first-order valence-corrected chi connectivity index (χ1v) is 12.8. The minimum Gasteiger partial charge on any atom is -0.457 e. The van der Waals surface area contributed by atoms with Crippen molar-refractivity contribution in [3.8, 4) is 28.7 Å². The van der Waals surface area contributed by atoms with Gasteiger partial charge in [-0.05, 0) is 83.9 Å². The van der Waals surface area contributed by atoms with Crippen LogP contribution in [0.5, 0.6) is 28.7 Å². The fourth-order valence-corrected chi connectivity index (χ4v) is 4.57. The lowest BCUT2D eigenvalue weighted by Gasteiger charge is -2.16. The molecule has 4 aromatic carbocycles. The van der Waals surface area contributed by atoms with E-state index in [-0.39, 0.29) is 23.8 Å². The third-order valence-corrected chi connectivity index (χ3v) is 6.51. The van der Waals surface area contributed by atoms with Crippen molar-refractivity contribution in [1.82, 2.24) is 5.01 Å². The van der Waals surface area contributed by atoms with Gasteiger partial charge in [0.05, 0.1) is 12.3 Å². The molecule has 220 valence electrons. The van der Waals surface area contributed by atoms with Crippen LogP contribution in [0.4, 0.5) is 32.4 Å². The molecule has 0 radical (unpaired) electrons. The third kappa shape index (κ3) is 6.30. The number of fused-ring (bicyclic) bond motifs is 1. The Morgan fingerprint density at radius 3 is 2.19 bits per heavy atom. The summed E-state index contributed by atoms with van der Waals surface area (Å²) >= 11 is 0. The zero-order valence-corrected chi connectivity index (χ0v) is 21.8. The number of carbonyl (C=O) groups excluding carboxylic acids is 1. The topological polar surface area (TPSA) is 81.6 Å². The van der Waals surface area contributed by atoms with Gasteiger partial charge in [0.2, 0.25) is 0 Å². The normalized spacial score (nSPS) is 16.7. The first-order chi connectivity index (χ1) is 20.6. The number of ether oxygens (including phenoxy) is 4. The summed E-state index contributed by atoms with van der Waals surface area (Å²) in [5.74, 6) is -0.468. The lowest BCUT2D eigenvalue weighted by Crippen LogP contribution is -2.30. The van der Waals surface area contributed by atoms with Crippen LogP contribution in [0.1, 0.15) is 17.0 Å². The number of amides is 2. The monoisotopic (exact) mass is 597 g/mol. The van der Waals surface area contributed by atoms with Crippen molar-refractivity contribution in [3.05, 3.63) is 108 Å². The highest BCUT2D eigenvalue weighted by molar-refractivity contribution is 6.08. The molecule has 6 rings (SSSR count). The molecular formula is C30H20F5N3O5. The average molecular weight is 597 g/mol. The summed E-state index contributed by atoms with van der Waals surface area (Å²) in [4.78, 5) is 13.2. The average Bonchev–Trinajstić information content (AvgIpc) is 3.55. The first-order valence-electron chi connectivity index (χ1n) is 12.8. The van der Waals surface area contributed by atoms with Crippen LogP contribution in [0.2, 0.25) is 0 Å². The second kappa shape index (κ2) is 11.2. The molecule has 4 aromatic rings. The maximum absolute atomic E-state index is 13.6. The van der Waals surface area contributed by atoms with E-state index < -0.39 is 30.7 Å². The molecule has 2 aliphatic rings. The third-order valence-electron chi connectivity index (χ3n) is 6.51. The minimum absolute atomic E-state index is 0.00474. The second-order valence-electron chi connectivity index (χ2n) is 9.41. The van der Waals surface area contributed by atoms with E-state index in [2.05, 4.69) is 24.6 Å². The molecule has 0 bridgehead atoms. The highest BCUT2D eigenvalue weighted by Crippen LogP contribution is 2.43. The van der Waals surface area contributed by atoms with E-state index in [0.29, 0.717) is 34.0 Å². The molecule has 0 aliphatic carbocycles. The van der Waals surface area contributed by atoms with Crippen LogP contribution in [0.3, 0.4) is 0 Å². The molecule has 8 nitrogen and oxygen atoms in total. The smallest absolute Gasteiger partial charge is 0.457 e. The number of anilines is 1. The van der Waals surface area contributed by atoms with Crippen LogP contribution in [-0.4, -0.2) is 36.2 Å². The highest BCUT2D eigenvalue weighted by Gasteiger charge is 2.44. The van der Waals surface area contributed by atoms with Crippen molar-refractivity contribution < 1.29 is 45.7 Å². The van der Waals surface area contributed by atoms with Crippen LogP contribution >= 0.6 is 0 Å². The van der Waals surface area contributed by atoms with E-state index >= 15 is 0 Å². The van der Waals surface area contributed by atoms with Gasteiger partial charge >= 0.3 is 18.9 Å². The summed E-state index contributed by atoms with van der Waals surface area (Å²) in [6, 6.07) is 21.3. The number of alkyl halides is 4. The molecule has 43 heavy (non-hydrogen) atoms. The quantitative estimate of drug-likeness (QED) is 0.222. The van der Waals surface area contributed by atoms with E-state index in [0.717, 1.165) is 0 Å². The Morgan fingerprint density at radius 2 is 1.51 bits per heavy atom. The number of carbonyl (C=O) groups is 1. The van der Waals surface area contributed by atoms with Crippen molar-refractivity contribution in [2.75, 3.05) is 11.9 Å². The van der Waals surface area contributed by atoms with Crippen molar-refractivity contribution in [2.45, 2.75) is 18.8 Å². The number of benzene rings is 4. The van der Waals surface area contributed by atoms with Crippen LogP contribution in [0, 0.1) is 5.82 Å². The lowest BCUT2D eigenvalue weighted by molar-refractivity contribution is -0.286. The van der Waals surface area contributed by atoms with Gasteiger partial charge in [0.15, 0.2) is 11.5 Å². The summed E-state index contributed by atoms with van der Waals surface area (Å²) in [6.45, 7) is -2.87. The fraction of sp³-hybridized carbons (Fsp3) is 0.133. The summed E-state index contributed by atoms with van der Waals surface area (Å²) in [6.07, 6.45) is -3.78.